The van der Waals surface area contributed by atoms with Crippen molar-refractivity contribution in [2.24, 2.45) is 46.2 Å². The fourth-order valence-corrected chi connectivity index (χ4v) is 18.1. The molecule has 0 radical (unpaired) electrons. The van der Waals surface area contributed by atoms with Crippen LogP contribution in [-0.4, -0.2) is 120 Å². The second-order valence-electron chi connectivity index (χ2n) is 28.0. The third kappa shape index (κ3) is 17.4. The molecule has 23 heteroatoms. The number of unbranched alkanes of at least 4 members (excludes halogenated alkanes) is 7. The maximum Gasteiger partial charge on any atom is 0.328 e. The minimum atomic E-state index is -3.93. The number of amides is 3. The van der Waals surface area contributed by atoms with Crippen LogP contribution in [0, 0.1) is 40.4 Å². The zero-order chi connectivity index (χ0) is 68.9. The van der Waals surface area contributed by atoms with Gasteiger partial charge in [0, 0.05) is 66.3 Å². The number of carbonyl (C=O) groups excluding carboxylic acids is 7. The Bertz CT molecular complexity index is 3310. The molecular formula is C72H101F2N6O13PS. The van der Waals surface area contributed by atoms with Gasteiger partial charge in [-0.2, -0.15) is 0 Å². The Kier molecular flexibility index (Phi) is 26.2. The molecule has 3 amide bonds. The van der Waals surface area contributed by atoms with Crippen molar-refractivity contribution >= 4 is 59.7 Å². The summed E-state index contributed by atoms with van der Waals surface area (Å²) in [5.41, 5.74) is 3.65. The average Bonchev–Trinajstić information content (AvgIpc) is 1.61. The lowest BCUT2D eigenvalue weighted by atomic mass is 9.44. The number of carbonyl (C=O) groups is 7. The number of fused-ring (bicyclic) bond motifs is 6. The van der Waals surface area contributed by atoms with Gasteiger partial charge in [0.1, 0.15) is 24.6 Å². The molecule has 1 aromatic heterocycles. The van der Waals surface area contributed by atoms with E-state index < -0.39 is 101 Å². The molecule has 2 unspecified atom stereocenters. The summed E-state index contributed by atoms with van der Waals surface area (Å²) >= 11 is 1.09. The van der Waals surface area contributed by atoms with E-state index in [1.165, 1.54) is 24.6 Å². The number of nitrogens with zero attached hydrogens (tertiary/aromatic N) is 3. The van der Waals surface area contributed by atoms with Crippen molar-refractivity contribution in [3.8, 4) is 5.69 Å². The number of ether oxygens (including phenoxy) is 2. The van der Waals surface area contributed by atoms with Gasteiger partial charge in [-0.1, -0.05) is 152 Å². The van der Waals surface area contributed by atoms with Crippen molar-refractivity contribution in [2.45, 2.75) is 232 Å². The number of esters is 1. The largest absolute Gasteiger partial charge is 0.449 e. The standard InChI is InChI=1S/C72H101F2N6O13PS/c1-8-48-29-31-51(32-30-48)80-60-23-17-16-18-24-62(65(60)78-79-80)91-45-53(82)40-54(46(3)4)66(86)77-59(22-21-35-76-68(75)88)61(83)39-49-25-27-50(28-26-49)44-92-94(89,90)36-19-14-12-10-11-13-15-20-37-95-67(87)72(93-64(85)9-2)47(5)38-55-56-42-58(73)57-41-52(81)33-34-69(57,6)71(56,74)63(84)43-70(55,72)7/h25-34,41,46-47,54-56,58-59,62-63,84H,8-24,35-40,42-45H2,1-7H3,(H,77,86)(H,89,90)(H3,75,76,88)/t47-,54+,55+,56+,58+,59+,62?,63+,69+,70+,71+,72+/m1/s1. The number of rotatable bonds is 34. The first kappa shape index (κ1) is 75.0. The summed E-state index contributed by atoms with van der Waals surface area (Å²) in [6, 6.07) is 13.5. The number of hydrogen-bond acceptors (Lipinski definition) is 15. The van der Waals surface area contributed by atoms with Gasteiger partial charge in [0.05, 0.1) is 30.1 Å². The number of hydrogen-bond donors (Lipinski definition) is 5. The number of urea groups is 1. The molecule has 19 nitrogen and oxygen atoms in total. The first-order valence-corrected chi connectivity index (χ1v) is 37.4. The summed E-state index contributed by atoms with van der Waals surface area (Å²) < 4.78 is 67.0. The van der Waals surface area contributed by atoms with Crippen molar-refractivity contribution < 1.29 is 70.9 Å². The molecule has 1 heterocycles. The molecule has 13 atom stereocenters. The number of benzene rings is 2. The maximum absolute atomic E-state index is 17.9. The van der Waals surface area contributed by atoms with E-state index in [0.717, 1.165) is 106 Å². The number of aliphatic hydroxyl groups is 1. The van der Waals surface area contributed by atoms with Gasteiger partial charge in [-0.15, -0.1) is 5.10 Å². The molecule has 522 valence electrons. The summed E-state index contributed by atoms with van der Waals surface area (Å²) in [5.74, 6) is -4.68. The lowest BCUT2D eigenvalue weighted by Gasteiger charge is -2.63. The molecule has 0 bridgehead atoms. The van der Waals surface area contributed by atoms with Crippen LogP contribution in [0.25, 0.3) is 5.69 Å². The van der Waals surface area contributed by atoms with Crippen molar-refractivity contribution in [3.05, 3.63) is 100 Å². The topological polar surface area (TPSA) is 286 Å². The van der Waals surface area contributed by atoms with E-state index in [-0.39, 0.29) is 92.6 Å². The van der Waals surface area contributed by atoms with Crippen LogP contribution in [0.3, 0.4) is 0 Å². The highest BCUT2D eigenvalue weighted by Gasteiger charge is 2.78. The van der Waals surface area contributed by atoms with Crippen LogP contribution in [0.2, 0.25) is 0 Å². The average molecular weight is 1360 g/mol. The van der Waals surface area contributed by atoms with Gasteiger partial charge in [0.25, 0.3) is 0 Å². The number of Topliss-reactive ketones (excluding diaryl/α,β-unsaturated/α-hetero) is 2. The van der Waals surface area contributed by atoms with Gasteiger partial charge in [-0.25, -0.2) is 18.3 Å². The lowest BCUT2D eigenvalue weighted by molar-refractivity contribution is -0.228. The van der Waals surface area contributed by atoms with Gasteiger partial charge < -0.3 is 40.4 Å². The Morgan fingerprint density at radius 3 is 2.24 bits per heavy atom. The molecule has 95 heavy (non-hydrogen) atoms. The van der Waals surface area contributed by atoms with Crippen LogP contribution in [0.4, 0.5) is 13.6 Å². The van der Waals surface area contributed by atoms with Crippen LogP contribution >= 0.6 is 19.4 Å². The molecule has 3 fully saturated rings. The second kappa shape index (κ2) is 33.2. The van der Waals surface area contributed by atoms with Crippen molar-refractivity contribution in [3.63, 3.8) is 0 Å². The van der Waals surface area contributed by atoms with Crippen LogP contribution in [0.15, 0.2) is 72.3 Å². The third-order valence-corrected chi connectivity index (χ3v) is 23.7. The monoisotopic (exact) mass is 1360 g/mol. The second-order valence-corrected chi connectivity index (χ2v) is 31.0. The van der Waals surface area contributed by atoms with E-state index in [9.17, 15) is 48.1 Å². The van der Waals surface area contributed by atoms with Crippen LogP contribution in [0.1, 0.15) is 205 Å². The van der Waals surface area contributed by atoms with E-state index in [0.29, 0.717) is 49.0 Å². The minimum Gasteiger partial charge on any atom is -0.449 e. The lowest BCUT2D eigenvalue weighted by Crippen LogP contribution is -2.70. The smallest absolute Gasteiger partial charge is 0.328 e. The van der Waals surface area contributed by atoms with Gasteiger partial charge >= 0.3 is 19.6 Å². The number of halogens is 2. The molecule has 5 aliphatic carbocycles. The van der Waals surface area contributed by atoms with Crippen molar-refractivity contribution in [2.75, 3.05) is 25.1 Å². The van der Waals surface area contributed by atoms with Gasteiger partial charge in [0.2, 0.25) is 11.0 Å². The van der Waals surface area contributed by atoms with E-state index in [1.54, 1.807) is 38.1 Å². The van der Waals surface area contributed by atoms with Gasteiger partial charge in [0.15, 0.2) is 28.6 Å². The fourth-order valence-electron chi connectivity index (χ4n) is 15.7. The number of aromatic nitrogens is 3. The molecule has 0 saturated heterocycles. The summed E-state index contributed by atoms with van der Waals surface area (Å²) in [6.45, 7) is 12.4. The third-order valence-electron chi connectivity index (χ3n) is 21.2. The summed E-state index contributed by atoms with van der Waals surface area (Å²) in [7, 11) is -3.93. The predicted molar refractivity (Wildman–Crippen MR) is 360 cm³/mol. The Morgan fingerprint density at radius 2 is 1.57 bits per heavy atom. The van der Waals surface area contributed by atoms with Gasteiger partial charge in [-0.3, -0.25) is 33.3 Å². The quantitative estimate of drug-likeness (QED) is 0.0211. The number of aliphatic hydroxyl groups excluding tert-OH is 1. The number of allylic oxidation sites excluding steroid dienone is 4. The summed E-state index contributed by atoms with van der Waals surface area (Å²) in [6.07, 6.45) is 11.9. The number of nitrogens with two attached hydrogens (primary N) is 1. The Morgan fingerprint density at radius 1 is 0.895 bits per heavy atom. The Labute approximate surface area is 563 Å². The fraction of sp³-hybridized carbons (Fsp3) is 0.653. The van der Waals surface area contributed by atoms with Crippen molar-refractivity contribution in [1.29, 1.82) is 0 Å². The summed E-state index contributed by atoms with van der Waals surface area (Å²) in [4.78, 5) is 104. The highest BCUT2D eigenvalue weighted by atomic mass is 32.2. The Hall–Kier alpha value is -5.77. The van der Waals surface area contributed by atoms with E-state index in [1.807, 2.05) is 37.6 Å². The number of alkyl halides is 2. The van der Waals surface area contributed by atoms with E-state index in [4.69, 9.17) is 19.7 Å². The van der Waals surface area contributed by atoms with Crippen molar-refractivity contribution in [1.82, 2.24) is 25.6 Å². The molecular weight excluding hydrogens is 1260 g/mol. The first-order chi connectivity index (χ1) is 45.2. The molecule has 6 N–H and O–H groups in total. The number of aryl methyl sites for hydroxylation is 1. The summed E-state index contributed by atoms with van der Waals surface area (Å²) in [5, 5.41) is 26.1. The van der Waals surface area contributed by atoms with Crippen LogP contribution in [0.5, 0.6) is 0 Å². The Balaban J connectivity index is 0.742. The molecule has 8 rings (SSSR count). The maximum atomic E-state index is 17.9. The predicted octanol–water partition coefficient (Wildman–Crippen LogP) is 12.3. The zero-order valence-electron chi connectivity index (χ0n) is 56.6. The molecule has 5 aliphatic rings. The first-order valence-electron chi connectivity index (χ1n) is 34.6. The minimum absolute atomic E-state index is 0.00948. The van der Waals surface area contributed by atoms with Crippen LogP contribution < -0.4 is 16.4 Å². The highest BCUT2D eigenvalue weighted by molar-refractivity contribution is 8.13. The van der Waals surface area contributed by atoms with Crippen LogP contribution in [-0.2, 0) is 73.2 Å². The highest BCUT2D eigenvalue weighted by Crippen LogP contribution is 2.72. The normalized spacial score (nSPS) is 27.5. The molecule has 0 aliphatic heterocycles. The zero-order valence-corrected chi connectivity index (χ0v) is 58.3. The number of ketones is 3. The van der Waals surface area contributed by atoms with Gasteiger partial charge in [-0.05, 0) is 136 Å². The molecule has 3 aromatic rings. The number of thioether (sulfide) groups is 1. The van der Waals surface area contributed by atoms with E-state index in [2.05, 4.69) is 40.0 Å². The number of nitrogens with one attached hydrogen (secondary N) is 2. The molecule has 3 saturated carbocycles. The molecule has 2 aromatic carbocycles. The SMILES string of the molecule is CCC(=O)O[C@]1(C(=O)SCCCCCCCCCCP(=O)(O)OCc2ccc(CC(=O)[C@H](CCCNC(N)=O)NC(=O)[C@@H](CC(=O)COC3CCCCCc4c3nnn4-c3ccc(CC)cc3)C(C)C)cc2)[C@H](C)C[C@H]2[C@@H]3C[C@H](F)C4=CC(=O)C=C[C@]4(C)[C@@]3(F)[C@@H](O)C[C@@]21C. The number of primary amides is 1. The molecule has 0 spiro atoms. The van der Waals surface area contributed by atoms with E-state index >= 15 is 8.78 Å².